The Kier molecular flexibility index (Phi) is 4.70. The number of hydrogen-bond acceptors (Lipinski definition) is 5. The summed E-state index contributed by atoms with van der Waals surface area (Å²) >= 11 is 0. The number of H-pyrrole nitrogens is 1. The van der Waals surface area contributed by atoms with Crippen molar-refractivity contribution in [2.75, 3.05) is 26.2 Å². The Morgan fingerprint density at radius 2 is 2.09 bits per heavy atom. The third kappa shape index (κ3) is 3.41. The van der Waals surface area contributed by atoms with E-state index in [1.165, 1.54) is 10.6 Å². The van der Waals surface area contributed by atoms with E-state index >= 15 is 0 Å². The van der Waals surface area contributed by atoms with Crippen LogP contribution in [-0.4, -0.2) is 57.5 Å². The van der Waals surface area contributed by atoms with Crippen LogP contribution in [0.15, 0.2) is 15.7 Å². The van der Waals surface area contributed by atoms with E-state index in [4.69, 9.17) is 4.74 Å². The van der Waals surface area contributed by atoms with Gasteiger partial charge in [-0.1, -0.05) is 0 Å². The number of aromatic nitrogens is 2. The van der Waals surface area contributed by atoms with Crippen LogP contribution in [0.4, 0.5) is 0 Å². The van der Waals surface area contributed by atoms with Crippen molar-refractivity contribution in [2.45, 2.75) is 50.9 Å². The van der Waals surface area contributed by atoms with Gasteiger partial charge < -0.3 is 19.7 Å². The van der Waals surface area contributed by atoms with E-state index in [1.807, 2.05) is 0 Å². The van der Waals surface area contributed by atoms with Crippen LogP contribution < -0.4 is 11.2 Å². The number of aliphatic hydroxyl groups is 1. The molecular weight excluding hydrogens is 298 g/mol. The van der Waals surface area contributed by atoms with Crippen molar-refractivity contribution in [3.63, 3.8) is 0 Å². The molecule has 0 radical (unpaired) electrons. The molecule has 0 aromatic carbocycles. The minimum atomic E-state index is -0.382. The van der Waals surface area contributed by atoms with E-state index in [9.17, 15) is 14.7 Å². The van der Waals surface area contributed by atoms with Crippen LogP contribution in [0.25, 0.3) is 0 Å². The summed E-state index contributed by atoms with van der Waals surface area (Å²) in [4.78, 5) is 28.6. The van der Waals surface area contributed by atoms with Crippen molar-refractivity contribution in [1.82, 2.24) is 14.5 Å². The Morgan fingerprint density at radius 1 is 1.35 bits per heavy atom. The van der Waals surface area contributed by atoms with Gasteiger partial charge in [-0.2, -0.15) is 0 Å². The van der Waals surface area contributed by atoms with Gasteiger partial charge in [-0.15, -0.1) is 0 Å². The Labute approximate surface area is 134 Å². The van der Waals surface area contributed by atoms with Crippen LogP contribution >= 0.6 is 0 Å². The Balaban J connectivity index is 1.58. The highest BCUT2D eigenvalue weighted by molar-refractivity contribution is 4.97. The first-order valence-electron chi connectivity index (χ1n) is 8.35. The summed E-state index contributed by atoms with van der Waals surface area (Å²) in [7, 11) is 0. The molecule has 7 nitrogen and oxygen atoms in total. The van der Waals surface area contributed by atoms with E-state index < -0.39 is 0 Å². The van der Waals surface area contributed by atoms with Gasteiger partial charge in [0.15, 0.2) is 0 Å². The molecule has 23 heavy (non-hydrogen) atoms. The summed E-state index contributed by atoms with van der Waals surface area (Å²) < 4.78 is 7.13. The fourth-order valence-corrected chi connectivity index (χ4v) is 3.63. The zero-order valence-corrected chi connectivity index (χ0v) is 13.6. The van der Waals surface area contributed by atoms with Crippen molar-refractivity contribution >= 4 is 0 Å². The number of aliphatic hydroxyl groups excluding tert-OH is 1. The standard InChI is InChI=1S/C16H25N3O4/c1-12-11-14(21)19(15(22)17-12)9-8-18-6-4-16(5-7-18)13(20)3-2-10-23-16/h11,13,20H,2-10H2,1H3,(H,17,22)/t13-/m0/s1. The van der Waals surface area contributed by atoms with Crippen molar-refractivity contribution in [1.29, 1.82) is 0 Å². The van der Waals surface area contributed by atoms with Crippen molar-refractivity contribution in [3.05, 3.63) is 32.6 Å². The fourth-order valence-electron chi connectivity index (χ4n) is 3.63. The number of likely N-dealkylation sites (tertiary alicyclic amines) is 1. The summed E-state index contributed by atoms with van der Waals surface area (Å²) in [6.07, 6.45) is 2.96. The number of piperidine rings is 1. The van der Waals surface area contributed by atoms with Gasteiger partial charge in [-0.25, -0.2) is 4.79 Å². The maximum atomic E-state index is 11.9. The first-order chi connectivity index (χ1) is 11.0. The molecule has 2 aliphatic heterocycles. The van der Waals surface area contributed by atoms with Crippen LogP contribution in [0.2, 0.25) is 0 Å². The molecule has 0 amide bonds. The number of ether oxygens (including phenoxy) is 1. The lowest BCUT2D eigenvalue weighted by molar-refractivity contribution is -0.176. The smallest absolute Gasteiger partial charge is 0.328 e. The minimum Gasteiger partial charge on any atom is -0.390 e. The number of nitrogens with zero attached hydrogens (tertiary/aromatic N) is 2. The Morgan fingerprint density at radius 3 is 2.74 bits per heavy atom. The SMILES string of the molecule is Cc1cc(=O)n(CCN2CCC3(CC2)OCCC[C@@H]3O)c(=O)[nH]1. The van der Waals surface area contributed by atoms with Gasteiger partial charge in [0.2, 0.25) is 0 Å². The molecule has 2 aliphatic rings. The predicted molar refractivity (Wildman–Crippen MR) is 85.7 cm³/mol. The Hall–Kier alpha value is -1.44. The van der Waals surface area contributed by atoms with Crippen LogP contribution in [-0.2, 0) is 11.3 Å². The monoisotopic (exact) mass is 323 g/mol. The van der Waals surface area contributed by atoms with Gasteiger partial charge in [0.05, 0.1) is 11.7 Å². The normalized spacial score (nSPS) is 24.9. The molecule has 1 aromatic rings. The summed E-state index contributed by atoms with van der Waals surface area (Å²) in [5.41, 5.74) is -0.410. The molecule has 2 N–H and O–H groups in total. The second-order valence-electron chi connectivity index (χ2n) is 6.66. The van der Waals surface area contributed by atoms with E-state index in [0.29, 0.717) is 18.8 Å². The van der Waals surface area contributed by atoms with Crippen molar-refractivity contribution < 1.29 is 9.84 Å². The van der Waals surface area contributed by atoms with Crippen LogP contribution in [0.5, 0.6) is 0 Å². The number of aromatic amines is 1. The number of nitrogens with one attached hydrogen (secondary N) is 1. The minimum absolute atomic E-state index is 0.259. The van der Waals surface area contributed by atoms with Crippen LogP contribution in [0.1, 0.15) is 31.4 Å². The van der Waals surface area contributed by atoms with E-state index in [1.54, 1.807) is 6.92 Å². The van der Waals surface area contributed by atoms with Crippen molar-refractivity contribution in [3.8, 4) is 0 Å². The summed E-state index contributed by atoms with van der Waals surface area (Å²) in [5, 5.41) is 10.2. The zero-order valence-electron chi connectivity index (χ0n) is 13.6. The summed E-state index contributed by atoms with van der Waals surface area (Å²) in [6.45, 7) is 5.09. The van der Waals surface area contributed by atoms with Gasteiger partial charge in [-0.05, 0) is 32.6 Å². The van der Waals surface area contributed by atoms with Crippen LogP contribution in [0, 0.1) is 6.92 Å². The highest BCUT2D eigenvalue weighted by atomic mass is 16.5. The topological polar surface area (TPSA) is 87.6 Å². The molecule has 2 fully saturated rings. The largest absolute Gasteiger partial charge is 0.390 e. The molecule has 0 saturated carbocycles. The molecule has 1 aromatic heterocycles. The highest BCUT2D eigenvalue weighted by Gasteiger charge is 2.43. The van der Waals surface area contributed by atoms with Gasteiger partial charge in [-0.3, -0.25) is 9.36 Å². The highest BCUT2D eigenvalue weighted by Crippen LogP contribution is 2.35. The predicted octanol–water partition coefficient (Wildman–Crippen LogP) is -0.149. The first kappa shape index (κ1) is 16.4. The van der Waals surface area contributed by atoms with Gasteiger partial charge >= 0.3 is 5.69 Å². The van der Waals surface area contributed by atoms with Crippen molar-refractivity contribution in [2.24, 2.45) is 0 Å². The maximum Gasteiger partial charge on any atom is 0.328 e. The molecule has 0 bridgehead atoms. The maximum absolute atomic E-state index is 11.9. The molecular formula is C16H25N3O4. The molecule has 0 unspecified atom stereocenters. The number of hydrogen-bond donors (Lipinski definition) is 2. The zero-order chi connectivity index (χ0) is 16.4. The fraction of sp³-hybridized carbons (Fsp3) is 0.750. The second-order valence-corrected chi connectivity index (χ2v) is 6.66. The van der Waals surface area contributed by atoms with E-state index in [-0.39, 0.29) is 23.0 Å². The van der Waals surface area contributed by atoms with Crippen LogP contribution in [0.3, 0.4) is 0 Å². The quantitative estimate of drug-likeness (QED) is 0.808. The van der Waals surface area contributed by atoms with Gasteiger partial charge in [0.25, 0.3) is 5.56 Å². The molecule has 2 saturated heterocycles. The molecule has 7 heteroatoms. The lowest BCUT2D eigenvalue weighted by atomic mass is 9.82. The molecule has 1 atom stereocenters. The second kappa shape index (κ2) is 6.59. The summed E-state index contributed by atoms with van der Waals surface area (Å²) in [5.74, 6) is 0. The molecule has 3 rings (SSSR count). The number of rotatable bonds is 3. The average molecular weight is 323 g/mol. The van der Waals surface area contributed by atoms with Gasteiger partial charge in [0.1, 0.15) is 0 Å². The molecule has 128 valence electrons. The third-order valence-corrected chi connectivity index (χ3v) is 5.12. The lowest BCUT2D eigenvalue weighted by Crippen LogP contribution is -2.55. The lowest BCUT2D eigenvalue weighted by Gasteiger charge is -2.46. The first-order valence-corrected chi connectivity index (χ1v) is 8.35. The number of aryl methyl sites for hydroxylation is 1. The summed E-state index contributed by atoms with van der Waals surface area (Å²) in [6, 6.07) is 1.44. The average Bonchev–Trinajstić information content (AvgIpc) is 2.51. The van der Waals surface area contributed by atoms with E-state index in [2.05, 4.69) is 9.88 Å². The molecule has 1 spiro atoms. The van der Waals surface area contributed by atoms with Gasteiger partial charge in [0, 0.05) is 44.5 Å². The molecule has 0 aliphatic carbocycles. The Bertz CT molecular complexity index is 627. The van der Waals surface area contributed by atoms with E-state index in [0.717, 1.165) is 45.4 Å². The third-order valence-electron chi connectivity index (χ3n) is 5.12. The molecule has 3 heterocycles.